The fourth-order valence-electron chi connectivity index (χ4n) is 13.7. The Hall–Kier alpha value is -4.14. The lowest BCUT2D eigenvalue weighted by molar-refractivity contribution is -0.301. The van der Waals surface area contributed by atoms with Crippen molar-refractivity contribution in [2.75, 3.05) is 19.8 Å². The number of aliphatic hydroxyl groups excluding tert-OH is 1. The van der Waals surface area contributed by atoms with E-state index >= 15 is 9.59 Å². The van der Waals surface area contributed by atoms with Gasteiger partial charge in [0.25, 0.3) is 5.91 Å². The normalized spacial score (nSPS) is 32.5. The Morgan fingerprint density at radius 3 is 2.03 bits per heavy atom. The summed E-state index contributed by atoms with van der Waals surface area (Å²) in [5.41, 5.74) is -2.22. The Bertz CT molecular complexity index is 2180. The molecule has 7 rings (SSSR count). The average molecular weight is 1000 g/mol. The maximum Gasteiger partial charge on any atom is 0.509 e. The summed E-state index contributed by atoms with van der Waals surface area (Å²) in [5.74, 6) is -3.46. The Morgan fingerprint density at radius 1 is 0.833 bits per heavy atom. The number of aliphatic hydroxyl groups is 2. The molecule has 3 unspecified atom stereocenters. The predicted octanol–water partition coefficient (Wildman–Crippen LogP) is 10.9. The number of carbonyl (C=O) groups excluding carboxylic acids is 4. The third-order valence-electron chi connectivity index (χ3n) is 17.8. The third-order valence-corrected chi connectivity index (χ3v) is 17.8. The molecule has 13 atom stereocenters. The van der Waals surface area contributed by atoms with Crippen molar-refractivity contribution in [3.63, 3.8) is 0 Å². The Morgan fingerprint density at radius 2 is 1.43 bits per heavy atom. The lowest BCUT2D eigenvalue weighted by Gasteiger charge is -2.68. The van der Waals surface area contributed by atoms with Crippen LogP contribution in [0, 0.1) is 34.0 Å². The van der Waals surface area contributed by atoms with Crippen molar-refractivity contribution < 1.29 is 57.8 Å². The number of rotatable bonds is 23. The van der Waals surface area contributed by atoms with E-state index in [2.05, 4.69) is 19.2 Å². The molecule has 2 bridgehead atoms. The summed E-state index contributed by atoms with van der Waals surface area (Å²) in [5, 5.41) is 28.1. The summed E-state index contributed by atoms with van der Waals surface area (Å²) in [6.45, 7) is 16.1. The average Bonchev–Trinajstić information content (AvgIpc) is 3.83. The van der Waals surface area contributed by atoms with E-state index < -0.39 is 94.4 Å². The molecular weight excluding hydrogens is 915 g/mol. The summed E-state index contributed by atoms with van der Waals surface area (Å²) in [4.78, 5) is 57.9. The molecule has 13 nitrogen and oxygen atoms in total. The molecule has 0 spiro atoms. The second-order valence-electron chi connectivity index (χ2n) is 22.8. The first-order valence-electron chi connectivity index (χ1n) is 27.4. The molecule has 0 aromatic heterocycles. The van der Waals surface area contributed by atoms with E-state index in [4.69, 9.17) is 28.4 Å². The van der Waals surface area contributed by atoms with Crippen LogP contribution >= 0.6 is 0 Å². The molecular formula is C59H85NO12. The number of esters is 1. The molecule has 2 heterocycles. The van der Waals surface area contributed by atoms with Crippen LogP contribution in [0.15, 0.2) is 71.8 Å². The van der Waals surface area contributed by atoms with Gasteiger partial charge in [-0.1, -0.05) is 167 Å². The van der Waals surface area contributed by atoms with Crippen LogP contribution in [0.2, 0.25) is 0 Å². The zero-order chi connectivity index (χ0) is 51.8. The lowest BCUT2D eigenvalue weighted by atomic mass is 9.40. The van der Waals surface area contributed by atoms with Gasteiger partial charge in [-0.05, 0) is 67.4 Å². The summed E-state index contributed by atoms with van der Waals surface area (Å²) >= 11 is 0. The molecule has 2 saturated carbocycles. The fourth-order valence-corrected chi connectivity index (χ4v) is 13.7. The van der Waals surface area contributed by atoms with Gasteiger partial charge in [-0.15, -0.1) is 0 Å². The lowest BCUT2D eigenvalue weighted by Crippen LogP contribution is -2.74. The van der Waals surface area contributed by atoms with E-state index in [-0.39, 0.29) is 31.5 Å². The third kappa shape index (κ3) is 11.6. The van der Waals surface area contributed by atoms with Gasteiger partial charge in [0.05, 0.1) is 36.4 Å². The number of ketones is 1. The first kappa shape index (κ1) is 55.6. The van der Waals surface area contributed by atoms with Crippen LogP contribution in [0.5, 0.6) is 0 Å². The van der Waals surface area contributed by atoms with E-state index in [1.54, 1.807) is 60.7 Å². The number of Topliss-reactive ketones (excluding diaryl/α,β-unsaturated/α-hetero) is 1. The van der Waals surface area contributed by atoms with Gasteiger partial charge in [0.15, 0.2) is 6.29 Å². The summed E-state index contributed by atoms with van der Waals surface area (Å²) < 4.78 is 36.1. The molecule has 2 saturated heterocycles. The minimum atomic E-state index is -1.77. The van der Waals surface area contributed by atoms with Crippen LogP contribution in [0.1, 0.15) is 180 Å². The number of hydrogen-bond donors (Lipinski definition) is 3. The molecule has 5 aliphatic rings. The summed E-state index contributed by atoms with van der Waals surface area (Å²) in [6, 6.07) is 16.0. The number of benzene rings is 2. The molecule has 2 aromatic carbocycles. The molecule has 2 aliphatic heterocycles. The molecule has 72 heavy (non-hydrogen) atoms. The highest BCUT2D eigenvalue weighted by Crippen LogP contribution is 2.67. The molecule has 1 amide bonds. The van der Waals surface area contributed by atoms with E-state index in [1.807, 2.05) is 41.5 Å². The number of hydrogen-bond acceptors (Lipinski definition) is 12. The van der Waals surface area contributed by atoms with Gasteiger partial charge in [-0.2, -0.15) is 0 Å². The molecule has 13 heteroatoms. The maximum absolute atomic E-state index is 15.1. The van der Waals surface area contributed by atoms with Crippen LogP contribution < -0.4 is 5.32 Å². The van der Waals surface area contributed by atoms with Gasteiger partial charge in [0, 0.05) is 35.2 Å². The zero-order valence-electron chi connectivity index (χ0n) is 44.5. The molecule has 3 N–H and O–H groups in total. The van der Waals surface area contributed by atoms with Crippen LogP contribution in [0.4, 0.5) is 4.79 Å². The highest BCUT2D eigenvalue weighted by molar-refractivity contribution is 5.95. The van der Waals surface area contributed by atoms with Crippen LogP contribution in [-0.4, -0.2) is 96.3 Å². The number of nitrogens with one attached hydrogen (secondary N) is 1. The van der Waals surface area contributed by atoms with Crippen molar-refractivity contribution in [3.8, 4) is 0 Å². The van der Waals surface area contributed by atoms with Gasteiger partial charge in [-0.3, -0.25) is 9.59 Å². The minimum absolute atomic E-state index is 0.0452. The van der Waals surface area contributed by atoms with Crippen molar-refractivity contribution in [2.24, 2.45) is 34.0 Å². The van der Waals surface area contributed by atoms with Crippen molar-refractivity contribution in [1.29, 1.82) is 0 Å². The topological polar surface area (TPSA) is 176 Å². The van der Waals surface area contributed by atoms with Gasteiger partial charge in [0.2, 0.25) is 6.10 Å². The van der Waals surface area contributed by atoms with E-state index in [1.165, 1.54) is 70.6 Å². The Balaban J connectivity index is 1.05. The smallest absolute Gasteiger partial charge is 0.455 e. The fraction of sp³-hybridized carbons (Fsp3) is 0.695. The van der Waals surface area contributed by atoms with Crippen molar-refractivity contribution in [2.45, 2.75) is 207 Å². The van der Waals surface area contributed by atoms with Gasteiger partial charge in [-0.25, -0.2) is 9.59 Å². The van der Waals surface area contributed by atoms with E-state index in [9.17, 15) is 19.8 Å². The predicted molar refractivity (Wildman–Crippen MR) is 274 cm³/mol. The second-order valence-corrected chi connectivity index (χ2v) is 22.8. The number of carbonyl (C=O) groups is 4. The number of amides is 1. The first-order chi connectivity index (χ1) is 34.4. The number of fused-ring (bicyclic) bond motifs is 5. The number of unbranched alkanes of at least 4 members (excludes halogenated alkanes) is 12. The van der Waals surface area contributed by atoms with Crippen LogP contribution in [0.25, 0.3) is 0 Å². The van der Waals surface area contributed by atoms with E-state index in [0.717, 1.165) is 19.3 Å². The monoisotopic (exact) mass is 1000 g/mol. The van der Waals surface area contributed by atoms with Crippen molar-refractivity contribution in [1.82, 2.24) is 5.32 Å². The standard InChI is InChI=1S/C59H85NO12/c1-9-10-11-12-13-14-15-16-17-18-19-20-27-32-47-67-35-43(70-47)36-68-55(65)72-50(49(41-28-23-21-24-29-41)60-53(63)42-30-25-22-26-31-42)54(64)71-44-34-59(66)40(4)51-57(7)37-69-46(57)33-45(61)58(51,8)52(62)39(3)48(38(44)2)56(59,5)6/h21-26,28-31,39-40,43-47,49-51,61,66H,9-20,27,32-37H2,1-8H3,(H,60,63)/t39-,40+,43?,44?,45+,46-,47?,49+,50-,51-,57-,58-,59-/m1/s1. The Labute approximate surface area is 428 Å². The first-order valence-corrected chi connectivity index (χ1v) is 27.4. The van der Waals surface area contributed by atoms with Crippen LogP contribution in [-0.2, 0) is 38.0 Å². The molecule has 4 fully saturated rings. The summed E-state index contributed by atoms with van der Waals surface area (Å²) in [7, 11) is 0. The van der Waals surface area contributed by atoms with E-state index in [0.29, 0.717) is 35.3 Å². The van der Waals surface area contributed by atoms with Gasteiger partial charge >= 0.3 is 12.1 Å². The van der Waals surface area contributed by atoms with Crippen molar-refractivity contribution >= 4 is 23.8 Å². The number of ether oxygens (including phenoxy) is 6. The minimum Gasteiger partial charge on any atom is -0.455 e. The van der Waals surface area contributed by atoms with Crippen molar-refractivity contribution in [3.05, 3.63) is 82.9 Å². The quantitative estimate of drug-likeness (QED) is 0.0546. The Kier molecular flexibility index (Phi) is 18.6. The zero-order valence-corrected chi connectivity index (χ0v) is 44.5. The van der Waals surface area contributed by atoms with Gasteiger partial charge in [0.1, 0.15) is 30.6 Å². The summed E-state index contributed by atoms with van der Waals surface area (Å²) in [6.07, 6.45) is 11.2. The molecule has 0 radical (unpaired) electrons. The highest BCUT2D eigenvalue weighted by atomic mass is 16.8. The molecule has 3 aliphatic carbocycles. The van der Waals surface area contributed by atoms with Crippen LogP contribution in [0.3, 0.4) is 0 Å². The SMILES string of the molecule is CCCCCCCCCCCCCCCC1OCC(COC(=O)O[C@@H](C(=O)OC2C[C@@]3(O)[C@@H](C)[C@@H]4[C@]5(C)CO[C@@H]5C[C@H](O)[C@@]4(C)C(=O)[C@H](C)C(=C2C)C3(C)C)[C@@H](NC(=O)c2ccccc2)c2ccccc2)O1. The largest absolute Gasteiger partial charge is 0.509 e. The van der Waals surface area contributed by atoms with Gasteiger partial charge < -0.3 is 44.0 Å². The maximum atomic E-state index is 15.1. The second kappa shape index (κ2) is 24.0. The molecule has 2 aromatic rings. The molecule has 398 valence electrons. The highest BCUT2D eigenvalue weighted by Gasteiger charge is 2.72.